The average Bonchev–Trinajstić information content (AvgIpc) is 2.99. The molecule has 2 amide bonds. The van der Waals surface area contributed by atoms with Crippen LogP contribution in [-0.4, -0.2) is 66.3 Å². The van der Waals surface area contributed by atoms with Crippen molar-refractivity contribution in [3.05, 3.63) is 76.2 Å². The fraction of sp³-hybridized carbons (Fsp3) is 0.304. The Morgan fingerprint density at radius 1 is 0.900 bits per heavy atom. The number of hydrogen-bond acceptors (Lipinski definition) is 4. The SMILES string of the molecule is CN1CCN(C2=C(c3ccc(F)cc3)C(=O)N(CCc3ccc(Cl)cc3)C2=O)CC1. The van der Waals surface area contributed by atoms with Gasteiger partial charge in [-0.3, -0.25) is 14.5 Å². The van der Waals surface area contributed by atoms with Crippen molar-refractivity contribution >= 4 is 29.0 Å². The van der Waals surface area contributed by atoms with Crippen LogP contribution in [0.1, 0.15) is 11.1 Å². The van der Waals surface area contributed by atoms with Crippen LogP contribution in [0.2, 0.25) is 5.02 Å². The highest BCUT2D eigenvalue weighted by Crippen LogP contribution is 2.32. The van der Waals surface area contributed by atoms with Gasteiger partial charge in [0.1, 0.15) is 11.5 Å². The Morgan fingerprint density at radius 3 is 2.17 bits per heavy atom. The molecule has 2 aromatic rings. The number of imide groups is 1. The number of carbonyl (C=O) groups is 2. The molecule has 4 rings (SSSR count). The van der Waals surface area contributed by atoms with Crippen LogP contribution in [0.3, 0.4) is 0 Å². The number of carbonyl (C=O) groups excluding carboxylic acids is 2. The first-order chi connectivity index (χ1) is 14.4. The molecule has 30 heavy (non-hydrogen) atoms. The maximum atomic E-state index is 13.5. The minimum Gasteiger partial charge on any atom is -0.364 e. The van der Waals surface area contributed by atoms with Gasteiger partial charge in [-0.25, -0.2) is 4.39 Å². The van der Waals surface area contributed by atoms with Gasteiger partial charge in [-0.15, -0.1) is 0 Å². The Kier molecular flexibility index (Phi) is 5.88. The van der Waals surface area contributed by atoms with Gasteiger partial charge in [-0.1, -0.05) is 35.9 Å². The number of nitrogens with zero attached hydrogens (tertiary/aromatic N) is 3. The fourth-order valence-electron chi connectivity index (χ4n) is 3.86. The van der Waals surface area contributed by atoms with Crippen LogP contribution in [0.15, 0.2) is 54.2 Å². The number of likely N-dealkylation sites (N-methyl/N-ethyl adjacent to an activating group) is 1. The van der Waals surface area contributed by atoms with Gasteiger partial charge in [-0.2, -0.15) is 0 Å². The van der Waals surface area contributed by atoms with Crippen molar-refractivity contribution in [2.45, 2.75) is 6.42 Å². The standard InChI is InChI=1S/C23H23ClFN3O2/c1-26-12-14-27(15-13-26)21-20(17-4-8-19(25)9-5-17)22(29)28(23(21)30)11-10-16-2-6-18(24)7-3-16/h2-9H,10-15H2,1H3. The molecule has 156 valence electrons. The molecule has 0 aromatic heterocycles. The van der Waals surface area contributed by atoms with Crippen LogP contribution in [0.25, 0.3) is 5.57 Å². The lowest BCUT2D eigenvalue weighted by atomic mass is 10.0. The fourth-order valence-corrected chi connectivity index (χ4v) is 3.98. The minimum atomic E-state index is -0.378. The summed E-state index contributed by atoms with van der Waals surface area (Å²) < 4.78 is 13.5. The van der Waals surface area contributed by atoms with Gasteiger partial charge < -0.3 is 9.80 Å². The molecular formula is C23H23ClFN3O2. The smallest absolute Gasteiger partial charge is 0.277 e. The molecule has 0 N–H and O–H groups in total. The summed E-state index contributed by atoms with van der Waals surface area (Å²) in [6.45, 7) is 3.24. The number of amides is 2. The van der Waals surface area contributed by atoms with E-state index in [2.05, 4.69) is 4.90 Å². The predicted octanol–water partition coefficient (Wildman–Crippen LogP) is 3.05. The van der Waals surface area contributed by atoms with Crippen molar-refractivity contribution < 1.29 is 14.0 Å². The number of piperazine rings is 1. The van der Waals surface area contributed by atoms with Crippen molar-refractivity contribution in [3.63, 3.8) is 0 Å². The molecule has 1 saturated heterocycles. The minimum absolute atomic E-state index is 0.279. The van der Waals surface area contributed by atoms with E-state index in [4.69, 9.17) is 11.6 Å². The van der Waals surface area contributed by atoms with Crippen LogP contribution in [0.5, 0.6) is 0 Å². The summed E-state index contributed by atoms with van der Waals surface area (Å²) in [5, 5.41) is 0.643. The zero-order chi connectivity index (χ0) is 21.3. The van der Waals surface area contributed by atoms with Crippen molar-refractivity contribution in [2.75, 3.05) is 39.8 Å². The first-order valence-corrected chi connectivity index (χ1v) is 10.4. The summed E-state index contributed by atoms with van der Waals surface area (Å²) in [6, 6.07) is 13.1. The van der Waals surface area contributed by atoms with Crippen molar-refractivity contribution in [2.24, 2.45) is 0 Å². The summed E-state index contributed by atoms with van der Waals surface area (Å²) in [7, 11) is 2.03. The zero-order valence-corrected chi connectivity index (χ0v) is 17.5. The third kappa shape index (κ3) is 4.11. The Bertz CT molecular complexity index is 981. The normalized spacial score (nSPS) is 18.0. The highest BCUT2D eigenvalue weighted by atomic mass is 35.5. The van der Waals surface area contributed by atoms with E-state index in [-0.39, 0.29) is 24.2 Å². The molecule has 2 aliphatic heterocycles. The predicted molar refractivity (Wildman–Crippen MR) is 114 cm³/mol. The van der Waals surface area contributed by atoms with Gasteiger partial charge >= 0.3 is 0 Å². The van der Waals surface area contributed by atoms with Gasteiger partial charge in [0.15, 0.2) is 0 Å². The van der Waals surface area contributed by atoms with E-state index in [1.807, 2.05) is 24.1 Å². The first kappa shape index (κ1) is 20.6. The molecular weight excluding hydrogens is 405 g/mol. The van der Waals surface area contributed by atoms with Crippen LogP contribution in [0.4, 0.5) is 4.39 Å². The largest absolute Gasteiger partial charge is 0.364 e. The molecule has 0 spiro atoms. The molecule has 5 nitrogen and oxygen atoms in total. The van der Waals surface area contributed by atoms with Gasteiger partial charge in [0, 0.05) is 37.7 Å². The maximum Gasteiger partial charge on any atom is 0.277 e. The lowest BCUT2D eigenvalue weighted by Crippen LogP contribution is -2.46. The quantitative estimate of drug-likeness (QED) is 0.688. The molecule has 0 aliphatic carbocycles. The molecule has 2 heterocycles. The number of benzene rings is 2. The number of halogens is 2. The lowest BCUT2D eigenvalue weighted by Gasteiger charge is -2.34. The Labute approximate surface area is 180 Å². The highest BCUT2D eigenvalue weighted by molar-refractivity contribution is 6.35. The molecule has 1 fully saturated rings. The number of rotatable bonds is 5. The number of hydrogen-bond donors (Lipinski definition) is 0. The second-order valence-corrected chi connectivity index (χ2v) is 8.10. The monoisotopic (exact) mass is 427 g/mol. The van der Waals surface area contributed by atoms with E-state index in [9.17, 15) is 14.0 Å². The topological polar surface area (TPSA) is 43.9 Å². The van der Waals surface area contributed by atoms with Gasteiger partial charge in [0.05, 0.1) is 5.57 Å². The molecule has 0 bridgehead atoms. The van der Waals surface area contributed by atoms with E-state index in [0.717, 1.165) is 18.7 Å². The maximum absolute atomic E-state index is 13.5. The molecule has 0 saturated carbocycles. The second kappa shape index (κ2) is 8.58. The van der Waals surface area contributed by atoms with Gasteiger partial charge in [0.25, 0.3) is 11.8 Å². The Balaban J connectivity index is 1.63. The first-order valence-electron chi connectivity index (χ1n) is 9.98. The van der Waals surface area contributed by atoms with Crippen molar-refractivity contribution in [1.29, 1.82) is 0 Å². The third-order valence-corrected chi connectivity index (χ3v) is 5.89. The summed E-state index contributed by atoms with van der Waals surface area (Å²) in [6.07, 6.45) is 0.543. The molecule has 0 unspecified atom stereocenters. The van der Waals surface area contributed by atoms with E-state index < -0.39 is 0 Å². The van der Waals surface area contributed by atoms with Crippen LogP contribution < -0.4 is 0 Å². The Hall–Kier alpha value is -2.70. The van der Waals surface area contributed by atoms with Crippen LogP contribution >= 0.6 is 11.6 Å². The van der Waals surface area contributed by atoms with Gasteiger partial charge in [-0.05, 0) is 48.9 Å². The van der Waals surface area contributed by atoms with Crippen LogP contribution in [0, 0.1) is 5.82 Å². The zero-order valence-electron chi connectivity index (χ0n) is 16.8. The van der Waals surface area contributed by atoms with E-state index in [1.165, 1.54) is 17.0 Å². The summed E-state index contributed by atoms with van der Waals surface area (Å²) in [5.41, 5.74) is 2.35. The van der Waals surface area contributed by atoms with Crippen molar-refractivity contribution in [3.8, 4) is 0 Å². The molecule has 0 atom stereocenters. The molecule has 2 aliphatic rings. The molecule has 0 radical (unpaired) electrons. The van der Waals surface area contributed by atoms with Crippen LogP contribution in [-0.2, 0) is 16.0 Å². The molecule has 7 heteroatoms. The Morgan fingerprint density at radius 2 is 1.53 bits per heavy atom. The van der Waals surface area contributed by atoms with Crippen molar-refractivity contribution in [1.82, 2.24) is 14.7 Å². The van der Waals surface area contributed by atoms with E-state index >= 15 is 0 Å². The third-order valence-electron chi connectivity index (χ3n) is 5.63. The summed E-state index contributed by atoms with van der Waals surface area (Å²) in [5.74, 6) is -0.982. The lowest BCUT2D eigenvalue weighted by molar-refractivity contribution is -0.137. The average molecular weight is 428 g/mol. The van der Waals surface area contributed by atoms with E-state index in [0.29, 0.717) is 41.4 Å². The van der Waals surface area contributed by atoms with Gasteiger partial charge in [0.2, 0.25) is 0 Å². The van der Waals surface area contributed by atoms with E-state index in [1.54, 1.807) is 24.3 Å². The summed E-state index contributed by atoms with van der Waals surface area (Å²) >= 11 is 5.94. The highest BCUT2D eigenvalue weighted by Gasteiger charge is 2.41. The molecule has 2 aromatic carbocycles. The summed E-state index contributed by atoms with van der Waals surface area (Å²) in [4.78, 5) is 32.1. The second-order valence-electron chi connectivity index (χ2n) is 7.66.